The average Bonchev–Trinajstić information content (AvgIpc) is 3.17. The van der Waals surface area contributed by atoms with Crippen molar-refractivity contribution in [2.75, 3.05) is 0 Å². The Balaban J connectivity index is 2.22. The number of hydrogen-bond acceptors (Lipinski definition) is 0. The molecule has 0 fully saturated rings. The van der Waals surface area contributed by atoms with E-state index in [-0.39, 0.29) is 11.1 Å². The van der Waals surface area contributed by atoms with E-state index in [0.717, 1.165) is 11.1 Å². The van der Waals surface area contributed by atoms with Gasteiger partial charge in [-0.15, -0.1) is 13.2 Å². The molecule has 0 spiro atoms. The van der Waals surface area contributed by atoms with Crippen molar-refractivity contribution in [3.8, 4) is 0 Å². The van der Waals surface area contributed by atoms with E-state index in [9.17, 15) is 0 Å². The molecule has 2 atom stereocenters. The summed E-state index contributed by atoms with van der Waals surface area (Å²) in [6, 6.07) is 0. The standard InChI is InChI=1S/C16H14N4Si/c1-3-15(11-7-5-9-13(11)19-17)21-16(4-2)12-8-6-10-14(12)20-18/h3-10,15-16H,1-2H2. The van der Waals surface area contributed by atoms with Gasteiger partial charge < -0.3 is 11.1 Å². The minimum Gasteiger partial charge on any atom is -0.361 e. The van der Waals surface area contributed by atoms with Crippen LogP contribution >= 0.6 is 0 Å². The van der Waals surface area contributed by atoms with E-state index in [2.05, 4.69) is 22.7 Å². The lowest BCUT2D eigenvalue weighted by Gasteiger charge is -2.16. The van der Waals surface area contributed by atoms with Crippen LogP contribution in [0.25, 0.3) is 11.1 Å². The van der Waals surface area contributed by atoms with Crippen LogP contribution in [-0.4, -0.2) is 30.5 Å². The third-order valence-electron chi connectivity index (χ3n) is 3.37. The van der Waals surface area contributed by atoms with Gasteiger partial charge in [-0.1, -0.05) is 36.5 Å². The summed E-state index contributed by atoms with van der Waals surface area (Å²) < 4.78 is 0. The van der Waals surface area contributed by atoms with Gasteiger partial charge >= 0.3 is 11.4 Å². The monoisotopic (exact) mass is 290 g/mol. The van der Waals surface area contributed by atoms with Crippen molar-refractivity contribution in [2.24, 2.45) is 0 Å². The second kappa shape index (κ2) is 6.73. The van der Waals surface area contributed by atoms with Crippen LogP contribution in [0.2, 0.25) is 11.1 Å². The summed E-state index contributed by atoms with van der Waals surface area (Å²) in [4.78, 5) is 6.60. The Hall–Kier alpha value is -2.58. The van der Waals surface area contributed by atoms with Crippen molar-refractivity contribution in [3.05, 3.63) is 84.0 Å². The summed E-state index contributed by atoms with van der Waals surface area (Å²) in [5.74, 6) is 0. The smallest absolute Gasteiger partial charge is 0.318 e. The number of allylic oxidation sites excluding steroid dienone is 10. The van der Waals surface area contributed by atoms with E-state index < -0.39 is 0 Å². The fourth-order valence-corrected chi connectivity index (χ4v) is 3.83. The summed E-state index contributed by atoms with van der Waals surface area (Å²) in [6.07, 6.45) is 14.8. The molecule has 2 aliphatic rings. The molecule has 102 valence electrons. The largest absolute Gasteiger partial charge is 0.361 e. The first-order valence-electron chi connectivity index (χ1n) is 6.47. The molecule has 0 N–H and O–H groups in total. The maximum atomic E-state index is 9.03. The molecule has 0 saturated heterocycles. The van der Waals surface area contributed by atoms with E-state index in [4.69, 9.17) is 11.1 Å². The Morgan fingerprint density at radius 2 is 1.33 bits per heavy atom. The predicted molar refractivity (Wildman–Crippen MR) is 85.3 cm³/mol. The lowest BCUT2D eigenvalue weighted by molar-refractivity contribution is -0.00275. The lowest BCUT2D eigenvalue weighted by atomic mass is 10.1. The number of hydrogen-bond donors (Lipinski definition) is 0. The predicted octanol–water partition coefficient (Wildman–Crippen LogP) is 2.97. The molecule has 0 aromatic carbocycles. The van der Waals surface area contributed by atoms with Gasteiger partial charge in [0.15, 0.2) is 0 Å². The molecule has 0 saturated carbocycles. The average molecular weight is 290 g/mol. The number of rotatable bonds is 6. The normalized spacial score (nSPS) is 18.7. The topological polar surface area (TPSA) is 72.8 Å². The van der Waals surface area contributed by atoms with Crippen LogP contribution in [0, 0.1) is 0 Å². The zero-order valence-electron chi connectivity index (χ0n) is 11.5. The van der Waals surface area contributed by atoms with Gasteiger partial charge in [-0.3, -0.25) is 0 Å². The minimum atomic E-state index is 0.0512. The van der Waals surface area contributed by atoms with Gasteiger partial charge in [0.25, 0.3) is 0 Å². The highest BCUT2D eigenvalue weighted by atomic mass is 28.2. The van der Waals surface area contributed by atoms with Gasteiger partial charge in [-0.2, -0.15) is 9.58 Å². The van der Waals surface area contributed by atoms with Crippen molar-refractivity contribution in [1.82, 2.24) is 0 Å². The van der Waals surface area contributed by atoms with E-state index in [1.54, 1.807) is 12.2 Å². The SMILES string of the molecule is C=CC([Si]C(C=C)C1=CC=CC1=[N+]=[N-])C1=CC=CC1=[N+]=[N-]. The zero-order valence-corrected chi connectivity index (χ0v) is 12.5. The Morgan fingerprint density at radius 3 is 1.67 bits per heavy atom. The molecule has 5 heteroatoms. The molecule has 21 heavy (non-hydrogen) atoms. The van der Waals surface area contributed by atoms with Crippen molar-refractivity contribution in [1.29, 1.82) is 0 Å². The van der Waals surface area contributed by atoms with Crippen LogP contribution < -0.4 is 0 Å². The molecule has 2 aliphatic carbocycles. The fourth-order valence-electron chi connectivity index (χ4n) is 2.32. The summed E-state index contributed by atoms with van der Waals surface area (Å²) in [5.41, 5.74) is 21.2. The summed E-state index contributed by atoms with van der Waals surface area (Å²) in [5, 5.41) is 0. The molecule has 0 aromatic heterocycles. The van der Waals surface area contributed by atoms with Crippen molar-refractivity contribution >= 4 is 20.9 Å². The first-order chi connectivity index (χ1) is 10.2. The molecule has 0 amide bonds. The summed E-state index contributed by atoms with van der Waals surface area (Å²) >= 11 is 0. The van der Waals surface area contributed by atoms with Gasteiger partial charge in [0.2, 0.25) is 0 Å². The Labute approximate surface area is 126 Å². The molecule has 0 aliphatic heterocycles. The molecule has 0 aromatic rings. The fraction of sp³-hybridized carbons (Fsp3) is 0.125. The zero-order chi connectivity index (χ0) is 15.2. The molecule has 2 radical (unpaired) electrons. The number of nitrogens with zero attached hydrogens (tertiary/aromatic N) is 4. The highest BCUT2D eigenvalue weighted by Gasteiger charge is 2.30. The summed E-state index contributed by atoms with van der Waals surface area (Å²) in [6.45, 7) is 7.76. The second-order valence-corrected chi connectivity index (χ2v) is 6.10. The first-order valence-corrected chi connectivity index (χ1v) is 7.63. The molecule has 2 unspecified atom stereocenters. The molecular weight excluding hydrogens is 276 g/mol. The van der Waals surface area contributed by atoms with Crippen LogP contribution in [-0.2, 0) is 0 Å². The quantitative estimate of drug-likeness (QED) is 0.312. The van der Waals surface area contributed by atoms with Gasteiger partial charge in [-0.05, 0) is 0 Å². The van der Waals surface area contributed by atoms with Gasteiger partial charge in [-0.25, -0.2) is 0 Å². The Kier molecular flexibility index (Phi) is 4.75. The first kappa shape index (κ1) is 14.8. The molecular formula is C16H14N4Si. The van der Waals surface area contributed by atoms with Gasteiger partial charge in [0.1, 0.15) is 0 Å². The van der Waals surface area contributed by atoms with E-state index in [0.29, 0.717) is 20.9 Å². The van der Waals surface area contributed by atoms with Crippen molar-refractivity contribution in [2.45, 2.75) is 11.1 Å². The van der Waals surface area contributed by atoms with E-state index in [1.165, 1.54) is 0 Å². The van der Waals surface area contributed by atoms with E-state index in [1.807, 2.05) is 36.5 Å². The van der Waals surface area contributed by atoms with Crippen LogP contribution in [0.1, 0.15) is 0 Å². The van der Waals surface area contributed by atoms with E-state index >= 15 is 0 Å². The van der Waals surface area contributed by atoms with Crippen LogP contribution in [0.15, 0.2) is 72.9 Å². The van der Waals surface area contributed by atoms with Crippen molar-refractivity contribution in [3.63, 3.8) is 0 Å². The molecule has 0 bridgehead atoms. The highest BCUT2D eigenvalue weighted by Crippen LogP contribution is 2.32. The molecule has 2 rings (SSSR count). The third kappa shape index (κ3) is 2.96. The second-order valence-electron chi connectivity index (χ2n) is 4.53. The lowest BCUT2D eigenvalue weighted by Crippen LogP contribution is -2.17. The molecule has 0 heterocycles. The van der Waals surface area contributed by atoms with Gasteiger partial charge in [0, 0.05) is 34.4 Å². The highest BCUT2D eigenvalue weighted by molar-refractivity contribution is 6.47. The van der Waals surface area contributed by atoms with Crippen molar-refractivity contribution < 1.29 is 9.58 Å². The summed E-state index contributed by atoms with van der Waals surface area (Å²) in [7, 11) is 0.424. The van der Waals surface area contributed by atoms with Crippen LogP contribution in [0.3, 0.4) is 0 Å². The minimum absolute atomic E-state index is 0.0512. The Morgan fingerprint density at radius 1 is 0.905 bits per heavy atom. The maximum Gasteiger partial charge on any atom is 0.318 e. The van der Waals surface area contributed by atoms with Gasteiger partial charge in [0.05, 0.1) is 9.52 Å². The third-order valence-corrected chi connectivity index (χ3v) is 5.18. The Bertz CT molecular complexity index is 636. The maximum absolute atomic E-state index is 9.03. The molecule has 4 nitrogen and oxygen atoms in total. The van der Waals surface area contributed by atoms with Crippen LogP contribution in [0.5, 0.6) is 0 Å². The van der Waals surface area contributed by atoms with Crippen LogP contribution in [0.4, 0.5) is 0 Å².